The first-order chi connectivity index (χ1) is 33.6. The summed E-state index contributed by atoms with van der Waals surface area (Å²) in [7, 11) is 0. The monoisotopic (exact) mass is 872 g/mol. The maximum absolute atomic E-state index is 2.51. The molecule has 328 valence electrons. The third-order valence-electron chi connectivity index (χ3n) is 16.6. The van der Waals surface area contributed by atoms with Crippen molar-refractivity contribution in [3.05, 3.63) is 309 Å². The molecule has 9 aliphatic rings. The molecule has 9 aliphatic carbocycles. The molecule has 4 aromatic rings. The number of benzene rings is 4. The van der Waals surface area contributed by atoms with Crippen molar-refractivity contribution >= 4 is 11.1 Å². The second kappa shape index (κ2) is 16.8. The van der Waals surface area contributed by atoms with Gasteiger partial charge in [0.2, 0.25) is 0 Å². The van der Waals surface area contributed by atoms with E-state index in [9.17, 15) is 0 Å². The number of aryl methyl sites for hydroxylation is 1. The highest BCUT2D eigenvalue weighted by Gasteiger charge is 2.47. The molecule has 0 saturated carbocycles. The molecule has 0 heteroatoms. The number of fused-ring (bicyclic) bond motifs is 7. The van der Waals surface area contributed by atoms with E-state index < -0.39 is 0 Å². The molecular weight excluding hydrogens is 817 g/mol. The molecule has 0 N–H and O–H groups in total. The van der Waals surface area contributed by atoms with Crippen LogP contribution in [0.1, 0.15) is 47.9 Å². The minimum atomic E-state index is -0.329. The Labute approximate surface area is 402 Å². The first-order valence-corrected chi connectivity index (χ1v) is 25.1. The average molecular weight is 873 g/mol. The summed E-state index contributed by atoms with van der Waals surface area (Å²) in [5, 5.41) is 2.81. The van der Waals surface area contributed by atoms with E-state index in [2.05, 4.69) is 244 Å². The van der Waals surface area contributed by atoms with Gasteiger partial charge in [-0.15, -0.1) is 0 Å². The summed E-state index contributed by atoms with van der Waals surface area (Å²) in [6, 6.07) is 37.0. The molecule has 68 heavy (non-hydrogen) atoms. The molecule has 0 bridgehead atoms. The normalized spacial score (nSPS) is 26.6. The summed E-state index contributed by atoms with van der Waals surface area (Å²) >= 11 is 0. The highest BCUT2D eigenvalue weighted by atomic mass is 14.5. The number of allylic oxidation sites excluding steroid dienone is 30. The zero-order chi connectivity index (χ0) is 45.2. The van der Waals surface area contributed by atoms with Gasteiger partial charge in [-0.1, -0.05) is 248 Å². The van der Waals surface area contributed by atoms with Crippen molar-refractivity contribution in [3.63, 3.8) is 0 Å². The van der Waals surface area contributed by atoms with Crippen LogP contribution in [0, 0.1) is 42.4 Å². The summed E-state index contributed by atoms with van der Waals surface area (Å²) < 4.78 is 0. The maximum Gasteiger partial charge on any atom is 0.0676 e. The summed E-state index contributed by atoms with van der Waals surface area (Å²) in [6.07, 6.45) is 58.5. The van der Waals surface area contributed by atoms with Crippen LogP contribution in [-0.2, 0) is 5.41 Å². The van der Waals surface area contributed by atoms with E-state index in [1.165, 1.54) is 94.0 Å². The minimum absolute atomic E-state index is 0.287. The van der Waals surface area contributed by atoms with E-state index in [1.807, 2.05) is 0 Å². The van der Waals surface area contributed by atoms with E-state index in [0.29, 0.717) is 29.6 Å². The second-order valence-electron chi connectivity index (χ2n) is 20.0. The van der Waals surface area contributed by atoms with Crippen LogP contribution < -0.4 is 10.4 Å². The number of rotatable bonds is 7. The van der Waals surface area contributed by atoms with Crippen LogP contribution in [0.5, 0.6) is 0 Å². The lowest BCUT2D eigenvalue weighted by molar-refractivity contribution is 0.564. The topological polar surface area (TPSA) is 0 Å². The first-order valence-electron chi connectivity index (χ1n) is 25.1. The molecule has 0 radical (unpaired) electrons. The Bertz CT molecular complexity index is 3360. The Morgan fingerprint density at radius 3 is 1.63 bits per heavy atom. The summed E-state index contributed by atoms with van der Waals surface area (Å²) in [6.45, 7) is 2.20. The van der Waals surface area contributed by atoms with Gasteiger partial charge in [-0.25, -0.2) is 0 Å². The largest absolute Gasteiger partial charge is 0.0767 e. The predicted octanol–water partition coefficient (Wildman–Crippen LogP) is 14.6. The smallest absolute Gasteiger partial charge is 0.0676 e. The Morgan fingerprint density at radius 2 is 0.985 bits per heavy atom. The van der Waals surface area contributed by atoms with Crippen LogP contribution in [-0.4, -0.2) is 0 Å². The SMILES string of the molecule is Cc1ccc(C2(C3=CC=C(C4=c5ccccc5=C(C5=CC=C(C=CC6=CC=C(C7=CC=CC8C=CC=CC78)C7C=CC=CC67)CC5)C5C=CC=CC45)CC3)c3ccccc3-c3ccccc32)cc1. The fraction of sp³-hybridized carbons (Fsp3) is 0.176. The molecule has 0 aliphatic heterocycles. The van der Waals surface area contributed by atoms with E-state index >= 15 is 0 Å². The van der Waals surface area contributed by atoms with Crippen molar-refractivity contribution in [2.75, 3.05) is 0 Å². The Kier molecular flexibility index (Phi) is 10.1. The zero-order valence-electron chi connectivity index (χ0n) is 38.8. The highest BCUT2D eigenvalue weighted by molar-refractivity contribution is 5.87. The lowest BCUT2D eigenvalue weighted by Gasteiger charge is -2.39. The molecule has 4 aromatic carbocycles. The first kappa shape index (κ1) is 41.0. The van der Waals surface area contributed by atoms with Crippen molar-refractivity contribution in [1.29, 1.82) is 0 Å². The van der Waals surface area contributed by atoms with E-state index in [4.69, 9.17) is 0 Å². The molecule has 0 heterocycles. The van der Waals surface area contributed by atoms with E-state index in [1.54, 1.807) is 0 Å². The van der Waals surface area contributed by atoms with Crippen molar-refractivity contribution in [2.24, 2.45) is 35.5 Å². The van der Waals surface area contributed by atoms with Crippen molar-refractivity contribution in [3.8, 4) is 11.1 Å². The van der Waals surface area contributed by atoms with Gasteiger partial charge in [0.1, 0.15) is 0 Å². The molecule has 0 nitrogen and oxygen atoms in total. The van der Waals surface area contributed by atoms with Crippen LogP contribution >= 0.6 is 0 Å². The van der Waals surface area contributed by atoms with Gasteiger partial charge in [-0.05, 0) is 115 Å². The summed E-state index contributed by atoms with van der Waals surface area (Å²) in [5.74, 6) is 2.13. The van der Waals surface area contributed by atoms with Crippen LogP contribution in [0.15, 0.2) is 276 Å². The lowest BCUT2D eigenvalue weighted by atomic mass is 9.63. The second-order valence-corrected chi connectivity index (χ2v) is 20.0. The lowest BCUT2D eigenvalue weighted by Crippen LogP contribution is -2.41. The van der Waals surface area contributed by atoms with Crippen molar-refractivity contribution in [1.82, 2.24) is 0 Å². The molecule has 0 aromatic heterocycles. The van der Waals surface area contributed by atoms with Gasteiger partial charge in [0.15, 0.2) is 0 Å². The predicted molar refractivity (Wildman–Crippen MR) is 285 cm³/mol. The van der Waals surface area contributed by atoms with Gasteiger partial charge >= 0.3 is 0 Å². The molecule has 0 fully saturated rings. The van der Waals surface area contributed by atoms with Gasteiger partial charge in [0.05, 0.1) is 5.41 Å². The highest BCUT2D eigenvalue weighted by Crippen LogP contribution is 2.58. The van der Waals surface area contributed by atoms with Gasteiger partial charge in [0.25, 0.3) is 0 Å². The maximum atomic E-state index is 2.51. The molecule has 13 rings (SSSR count). The van der Waals surface area contributed by atoms with E-state index in [0.717, 1.165) is 25.7 Å². The molecular formula is C68H56. The summed E-state index contributed by atoms with van der Waals surface area (Å²) in [5.41, 5.74) is 21.0. The van der Waals surface area contributed by atoms with Crippen molar-refractivity contribution in [2.45, 2.75) is 38.0 Å². The quantitative estimate of drug-likeness (QED) is 0.174. The van der Waals surface area contributed by atoms with E-state index in [-0.39, 0.29) is 11.3 Å². The Hall–Kier alpha value is -7.28. The molecule has 0 saturated heterocycles. The van der Waals surface area contributed by atoms with Gasteiger partial charge < -0.3 is 0 Å². The number of hydrogen-bond donors (Lipinski definition) is 0. The average Bonchev–Trinajstić information content (AvgIpc) is 3.71. The van der Waals surface area contributed by atoms with Crippen LogP contribution in [0.25, 0.3) is 22.3 Å². The third-order valence-corrected chi connectivity index (χ3v) is 16.6. The number of hydrogen-bond acceptors (Lipinski definition) is 0. The zero-order valence-corrected chi connectivity index (χ0v) is 38.8. The molecule has 6 atom stereocenters. The van der Waals surface area contributed by atoms with Gasteiger partial charge in [-0.2, -0.15) is 0 Å². The summed E-state index contributed by atoms with van der Waals surface area (Å²) in [4.78, 5) is 0. The Morgan fingerprint density at radius 1 is 0.426 bits per heavy atom. The molecule has 0 spiro atoms. The fourth-order valence-corrected chi connectivity index (χ4v) is 13.4. The Balaban J connectivity index is 0.859. The van der Waals surface area contributed by atoms with Crippen LogP contribution in [0.3, 0.4) is 0 Å². The van der Waals surface area contributed by atoms with Crippen molar-refractivity contribution < 1.29 is 0 Å². The standard InChI is InChI=1S/C68H56/c1-45-29-40-51(41-30-45)68(64-27-12-10-20-58(64)59-21-11-13-28-65(59)68)52-42-37-50(38-43-52)67-62-24-8-6-22-60(62)66(61-23-7-9-25-63(61)67)49-35-32-46(33-36-49)31-34-48-39-44-57(55-19-5-4-18-54(48)55)56-26-14-16-47-15-2-3-17-53(47)56/h2-32,34-35,37,39-42,44,47,53-55,60,62H,33,36,38,43H2,1H3. The third kappa shape index (κ3) is 6.56. The molecule has 6 unspecified atom stereocenters. The van der Waals surface area contributed by atoms with Gasteiger partial charge in [0, 0.05) is 35.5 Å². The van der Waals surface area contributed by atoms with Crippen LogP contribution in [0.2, 0.25) is 0 Å². The van der Waals surface area contributed by atoms with Crippen LogP contribution in [0.4, 0.5) is 0 Å². The minimum Gasteiger partial charge on any atom is -0.0767 e. The fourth-order valence-electron chi connectivity index (χ4n) is 13.4. The molecule has 0 amide bonds. The van der Waals surface area contributed by atoms with Gasteiger partial charge in [-0.3, -0.25) is 0 Å².